The van der Waals surface area contributed by atoms with Crippen molar-refractivity contribution in [3.63, 3.8) is 0 Å². The van der Waals surface area contributed by atoms with Crippen molar-refractivity contribution in [2.75, 3.05) is 38.3 Å². The third-order valence-corrected chi connectivity index (χ3v) is 3.99. The second kappa shape index (κ2) is 7.51. The zero-order chi connectivity index (χ0) is 17.8. The fourth-order valence-electron chi connectivity index (χ4n) is 2.45. The van der Waals surface area contributed by atoms with Crippen LogP contribution in [0.4, 0.5) is 5.69 Å². The number of carbonyl (C=O) groups is 1. The van der Waals surface area contributed by atoms with E-state index in [4.69, 9.17) is 17.0 Å². The maximum atomic E-state index is 12.3. The summed E-state index contributed by atoms with van der Waals surface area (Å²) >= 11 is 5.15. The number of nitro benzene ring substituents is 1. The lowest BCUT2D eigenvalue weighted by molar-refractivity contribution is -0.384. The van der Waals surface area contributed by atoms with Gasteiger partial charge in [0, 0.05) is 30.8 Å². The molecule has 0 atom stereocenters. The molecule has 1 aliphatic rings. The molecule has 11 heteroatoms. The molecule has 0 saturated carbocycles. The topological polar surface area (TPSA) is 118 Å². The highest BCUT2D eigenvalue weighted by Gasteiger charge is 2.17. The number of aromatic amines is 1. The number of rotatable bonds is 5. The van der Waals surface area contributed by atoms with E-state index in [1.165, 1.54) is 16.8 Å². The van der Waals surface area contributed by atoms with Crippen LogP contribution >= 0.6 is 12.2 Å². The van der Waals surface area contributed by atoms with Gasteiger partial charge < -0.3 is 4.74 Å². The first-order valence-electron chi connectivity index (χ1n) is 7.57. The van der Waals surface area contributed by atoms with Gasteiger partial charge in [0.1, 0.15) is 0 Å². The fraction of sp³-hybridized carbons (Fsp3) is 0.357. The molecule has 3 rings (SSSR count). The minimum absolute atomic E-state index is 0.0271. The Hall–Kier alpha value is -2.63. The number of carbonyl (C=O) groups excluding carboxylic acids is 1. The monoisotopic (exact) mass is 364 g/mol. The summed E-state index contributed by atoms with van der Waals surface area (Å²) in [5, 5.41) is 17.4. The maximum Gasteiger partial charge on any atom is 0.269 e. The first kappa shape index (κ1) is 17.2. The molecule has 132 valence electrons. The SMILES string of the molecule is O=C(CN1CCOCC1)Nn1c(-c2ccc([N+](=O)[O-])cc2)n[nH]c1=S. The van der Waals surface area contributed by atoms with Gasteiger partial charge in [0.25, 0.3) is 11.6 Å². The van der Waals surface area contributed by atoms with E-state index in [9.17, 15) is 14.9 Å². The van der Waals surface area contributed by atoms with Gasteiger partial charge in [-0.25, -0.2) is 9.77 Å². The Labute approximate surface area is 147 Å². The molecule has 2 heterocycles. The van der Waals surface area contributed by atoms with Gasteiger partial charge >= 0.3 is 0 Å². The molecule has 0 aliphatic carbocycles. The first-order chi connectivity index (χ1) is 12.0. The van der Waals surface area contributed by atoms with E-state index in [2.05, 4.69) is 15.6 Å². The molecule has 1 amide bonds. The number of hydrogen-bond donors (Lipinski definition) is 2. The number of nitrogens with zero attached hydrogens (tertiary/aromatic N) is 4. The number of nitro groups is 1. The lowest BCUT2D eigenvalue weighted by atomic mass is 10.2. The lowest BCUT2D eigenvalue weighted by Crippen LogP contribution is -2.42. The van der Waals surface area contributed by atoms with E-state index in [0.29, 0.717) is 37.7 Å². The molecule has 2 aromatic rings. The zero-order valence-electron chi connectivity index (χ0n) is 13.2. The standard InChI is InChI=1S/C14H16N6O4S/c21-12(9-18-5-7-24-8-6-18)17-19-13(15-16-14(19)25)10-1-3-11(4-2-10)20(22)23/h1-4H,5-9H2,(H,16,25)(H,17,21). The van der Waals surface area contributed by atoms with Crippen molar-refractivity contribution >= 4 is 23.8 Å². The predicted octanol–water partition coefficient (Wildman–Crippen LogP) is 0.918. The van der Waals surface area contributed by atoms with Crippen molar-refractivity contribution in [1.29, 1.82) is 0 Å². The normalized spacial score (nSPS) is 15.0. The van der Waals surface area contributed by atoms with Crippen LogP contribution in [-0.2, 0) is 9.53 Å². The number of amides is 1. The third kappa shape index (κ3) is 4.07. The van der Waals surface area contributed by atoms with Gasteiger partial charge in [0.2, 0.25) is 4.77 Å². The van der Waals surface area contributed by atoms with Crippen LogP contribution < -0.4 is 5.43 Å². The Kier molecular flexibility index (Phi) is 5.16. The van der Waals surface area contributed by atoms with Crippen molar-refractivity contribution in [3.8, 4) is 11.4 Å². The highest BCUT2D eigenvalue weighted by Crippen LogP contribution is 2.20. The predicted molar refractivity (Wildman–Crippen MR) is 91.1 cm³/mol. The van der Waals surface area contributed by atoms with Crippen LogP contribution in [0.15, 0.2) is 24.3 Å². The molecule has 0 unspecified atom stereocenters. The minimum Gasteiger partial charge on any atom is -0.379 e. The number of aromatic nitrogens is 3. The molecule has 25 heavy (non-hydrogen) atoms. The number of nitrogens with one attached hydrogen (secondary N) is 2. The van der Waals surface area contributed by atoms with Crippen LogP contribution in [0.5, 0.6) is 0 Å². The summed E-state index contributed by atoms with van der Waals surface area (Å²) in [7, 11) is 0. The van der Waals surface area contributed by atoms with Gasteiger partial charge in [-0.15, -0.1) is 0 Å². The number of hydrogen-bond acceptors (Lipinski definition) is 7. The van der Waals surface area contributed by atoms with Gasteiger partial charge in [-0.05, 0) is 24.4 Å². The van der Waals surface area contributed by atoms with E-state index in [1.807, 2.05) is 4.90 Å². The van der Waals surface area contributed by atoms with Crippen LogP contribution in [0.3, 0.4) is 0 Å². The Bertz CT molecular complexity index is 825. The summed E-state index contributed by atoms with van der Waals surface area (Å²) in [5.41, 5.74) is 3.27. The zero-order valence-corrected chi connectivity index (χ0v) is 14.0. The summed E-state index contributed by atoms with van der Waals surface area (Å²) in [6.45, 7) is 2.81. The van der Waals surface area contributed by atoms with Gasteiger partial charge in [-0.3, -0.25) is 25.2 Å². The van der Waals surface area contributed by atoms with E-state index < -0.39 is 4.92 Å². The van der Waals surface area contributed by atoms with Crippen molar-refractivity contribution in [2.45, 2.75) is 0 Å². The number of benzene rings is 1. The third-order valence-electron chi connectivity index (χ3n) is 3.72. The Morgan fingerprint density at radius 1 is 1.36 bits per heavy atom. The number of ether oxygens (including phenoxy) is 1. The van der Waals surface area contributed by atoms with Crippen LogP contribution in [-0.4, -0.2) is 63.5 Å². The highest BCUT2D eigenvalue weighted by molar-refractivity contribution is 7.71. The van der Waals surface area contributed by atoms with Gasteiger partial charge in [0.15, 0.2) is 5.82 Å². The average molecular weight is 364 g/mol. The second-order valence-corrected chi connectivity index (χ2v) is 5.80. The second-order valence-electron chi connectivity index (χ2n) is 5.42. The number of morpholine rings is 1. The largest absolute Gasteiger partial charge is 0.379 e. The molecule has 0 bridgehead atoms. The quantitative estimate of drug-likeness (QED) is 0.460. The van der Waals surface area contributed by atoms with E-state index in [0.717, 1.165) is 0 Å². The van der Waals surface area contributed by atoms with E-state index >= 15 is 0 Å². The molecule has 1 saturated heterocycles. The van der Waals surface area contributed by atoms with Crippen LogP contribution in [0, 0.1) is 14.9 Å². The summed E-state index contributed by atoms with van der Waals surface area (Å²) < 4.78 is 6.84. The van der Waals surface area contributed by atoms with Crippen LogP contribution in [0.1, 0.15) is 0 Å². The van der Waals surface area contributed by atoms with Crippen molar-refractivity contribution < 1.29 is 14.5 Å². The fourth-order valence-corrected chi connectivity index (χ4v) is 2.63. The average Bonchev–Trinajstić information content (AvgIpc) is 2.96. The van der Waals surface area contributed by atoms with E-state index in [1.54, 1.807) is 12.1 Å². The number of H-pyrrole nitrogens is 1. The molecule has 1 aliphatic heterocycles. The van der Waals surface area contributed by atoms with Crippen LogP contribution in [0.25, 0.3) is 11.4 Å². The Morgan fingerprint density at radius 3 is 2.68 bits per heavy atom. The Morgan fingerprint density at radius 2 is 2.04 bits per heavy atom. The summed E-state index contributed by atoms with van der Waals surface area (Å²) in [5.74, 6) is 0.137. The van der Waals surface area contributed by atoms with Crippen molar-refractivity contribution in [2.24, 2.45) is 0 Å². The Balaban J connectivity index is 1.76. The molecule has 1 aromatic heterocycles. The maximum absolute atomic E-state index is 12.3. The molecule has 0 spiro atoms. The summed E-state index contributed by atoms with van der Waals surface area (Å²) in [6.07, 6.45) is 0. The number of non-ortho nitro benzene ring substituents is 1. The van der Waals surface area contributed by atoms with Gasteiger partial charge in [-0.1, -0.05) is 0 Å². The summed E-state index contributed by atoms with van der Waals surface area (Å²) in [4.78, 5) is 24.5. The van der Waals surface area contributed by atoms with Crippen LogP contribution in [0.2, 0.25) is 0 Å². The smallest absolute Gasteiger partial charge is 0.269 e. The van der Waals surface area contributed by atoms with E-state index in [-0.39, 0.29) is 22.9 Å². The first-order valence-corrected chi connectivity index (χ1v) is 7.97. The lowest BCUT2D eigenvalue weighted by Gasteiger charge is -2.25. The van der Waals surface area contributed by atoms with Crippen molar-refractivity contribution in [3.05, 3.63) is 39.2 Å². The molecule has 1 fully saturated rings. The van der Waals surface area contributed by atoms with Crippen molar-refractivity contribution in [1.82, 2.24) is 19.8 Å². The highest BCUT2D eigenvalue weighted by atomic mass is 32.1. The molecule has 2 N–H and O–H groups in total. The molecule has 1 aromatic carbocycles. The summed E-state index contributed by atoms with van der Waals surface area (Å²) in [6, 6.07) is 5.83. The molecule has 0 radical (unpaired) electrons. The minimum atomic E-state index is -0.481. The van der Waals surface area contributed by atoms with Gasteiger partial charge in [-0.2, -0.15) is 5.10 Å². The van der Waals surface area contributed by atoms with Gasteiger partial charge in [0.05, 0.1) is 24.7 Å². The molecular weight excluding hydrogens is 348 g/mol. The molecular formula is C14H16N6O4S. The molecule has 10 nitrogen and oxygen atoms in total.